The van der Waals surface area contributed by atoms with Gasteiger partial charge < -0.3 is 10.6 Å². The summed E-state index contributed by atoms with van der Waals surface area (Å²) in [5.41, 5.74) is 0.293. The predicted molar refractivity (Wildman–Crippen MR) is 73.1 cm³/mol. The number of pyridine rings is 1. The molecule has 0 aromatic carbocycles. The van der Waals surface area contributed by atoms with Gasteiger partial charge in [0.2, 0.25) is 0 Å². The van der Waals surface area contributed by atoms with Crippen LogP contribution in [-0.4, -0.2) is 24.5 Å². The summed E-state index contributed by atoms with van der Waals surface area (Å²) < 4.78 is 0. The fourth-order valence-corrected chi connectivity index (χ4v) is 2.47. The first-order chi connectivity index (χ1) is 8.70. The fourth-order valence-electron chi connectivity index (χ4n) is 2.28. The fraction of sp³-hybridized carbons (Fsp3) is 0.538. The van der Waals surface area contributed by atoms with Crippen LogP contribution in [0, 0.1) is 5.92 Å². The molecule has 0 saturated heterocycles. The van der Waals surface area contributed by atoms with Crippen LogP contribution >= 0.6 is 11.6 Å². The van der Waals surface area contributed by atoms with Gasteiger partial charge in [-0.25, -0.2) is 4.98 Å². The van der Waals surface area contributed by atoms with Crippen molar-refractivity contribution in [1.29, 1.82) is 0 Å². The van der Waals surface area contributed by atoms with Gasteiger partial charge in [-0.15, -0.1) is 0 Å². The summed E-state index contributed by atoms with van der Waals surface area (Å²) in [6.45, 7) is 0.723. The van der Waals surface area contributed by atoms with Crippen LogP contribution in [0.25, 0.3) is 0 Å². The third kappa shape index (κ3) is 3.13. The molecule has 0 spiro atoms. The van der Waals surface area contributed by atoms with Crippen LogP contribution in [-0.2, 0) is 0 Å². The van der Waals surface area contributed by atoms with E-state index in [0.29, 0.717) is 22.5 Å². The van der Waals surface area contributed by atoms with E-state index in [1.54, 1.807) is 19.2 Å². The number of halogens is 1. The van der Waals surface area contributed by atoms with Crippen LogP contribution in [0.4, 0.5) is 5.82 Å². The summed E-state index contributed by atoms with van der Waals surface area (Å²) in [6.07, 6.45) is 4.96. The van der Waals surface area contributed by atoms with Crippen molar-refractivity contribution in [2.75, 3.05) is 18.9 Å². The molecule has 0 unspecified atom stereocenters. The molecule has 0 atom stereocenters. The van der Waals surface area contributed by atoms with Crippen molar-refractivity contribution in [1.82, 2.24) is 10.3 Å². The van der Waals surface area contributed by atoms with Crippen LogP contribution < -0.4 is 10.6 Å². The summed E-state index contributed by atoms with van der Waals surface area (Å²) in [5, 5.41) is 6.20. The van der Waals surface area contributed by atoms with Crippen molar-refractivity contribution in [3.63, 3.8) is 0 Å². The number of nitrogens with one attached hydrogen (secondary N) is 2. The maximum absolute atomic E-state index is 12.0. The Kier molecular flexibility index (Phi) is 4.42. The third-order valence-corrected chi connectivity index (χ3v) is 3.65. The molecule has 2 N–H and O–H groups in total. The van der Waals surface area contributed by atoms with Crippen LogP contribution in [0.15, 0.2) is 12.1 Å². The first-order valence-electron chi connectivity index (χ1n) is 6.33. The van der Waals surface area contributed by atoms with Gasteiger partial charge in [0.1, 0.15) is 11.5 Å². The largest absolute Gasteiger partial charge is 0.373 e. The van der Waals surface area contributed by atoms with E-state index in [1.807, 2.05) is 0 Å². The number of rotatable bonds is 4. The Morgan fingerprint density at radius 1 is 1.44 bits per heavy atom. The van der Waals surface area contributed by atoms with E-state index in [1.165, 1.54) is 25.7 Å². The monoisotopic (exact) mass is 267 g/mol. The molecule has 1 heterocycles. The van der Waals surface area contributed by atoms with E-state index in [9.17, 15) is 4.79 Å². The van der Waals surface area contributed by atoms with Gasteiger partial charge in [-0.3, -0.25) is 4.79 Å². The Morgan fingerprint density at radius 2 is 2.17 bits per heavy atom. The smallest absolute Gasteiger partial charge is 0.271 e. The summed E-state index contributed by atoms with van der Waals surface area (Å²) in [4.78, 5) is 16.2. The van der Waals surface area contributed by atoms with Gasteiger partial charge >= 0.3 is 0 Å². The van der Waals surface area contributed by atoms with Crippen molar-refractivity contribution >= 4 is 23.3 Å². The van der Waals surface area contributed by atoms with Crippen molar-refractivity contribution < 1.29 is 4.79 Å². The van der Waals surface area contributed by atoms with Gasteiger partial charge in [-0.1, -0.05) is 24.4 Å². The lowest BCUT2D eigenvalue weighted by molar-refractivity contribution is 0.0942. The first kappa shape index (κ1) is 13.1. The van der Waals surface area contributed by atoms with E-state index in [0.717, 1.165) is 6.54 Å². The minimum atomic E-state index is -0.191. The van der Waals surface area contributed by atoms with E-state index < -0.39 is 0 Å². The number of carbonyl (C=O) groups excluding carboxylic acids is 1. The second-order valence-corrected chi connectivity index (χ2v) is 5.04. The van der Waals surface area contributed by atoms with E-state index >= 15 is 0 Å². The summed E-state index contributed by atoms with van der Waals surface area (Å²) in [7, 11) is 1.76. The van der Waals surface area contributed by atoms with E-state index in [-0.39, 0.29) is 5.91 Å². The minimum Gasteiger partial charge on any atom is -0.373 e. The summed E-state index contributed by atoms with van der Waals surface area (Å²) in [5.74, 6) is 1.06. The number of hydrogen-bond acceptors (Lipinski definition) is 3. The van der Waals surface area contributed by atoms with E-state index in [2.05, 4.69) is 15.6 Å². The van der Waals surface area contributed by atoms with Gasteiger partial charge in [-0.2, -0.15) is 0 Å². The molecule has 1 amide bonds. The Bertz CT molecular complexity index is 430. The van der Waals surface area contributed by atoms with Crippen molar-refractivity contribution in [3.8, 4) is 0 Å². The molecule has 1 aromatic heterocycles. The number of carbonyl (C=O) groups is 1. The van der Waals surface area contributed by atoms with E-state index in [4.69, 9.17) is 11.6 Å². The predicted octanol–water partition coefficient (Wildman–Crippen LogP) is 2.70. The zero-order valence-electron chi connectivity index (χ0n) is 10.5. The topological polar surface area (TPSA) is 54.0 Å². The molecule has 1 fully saturated rings. The maximum atomic E-state index is 12.0. The number of aromatic nitrogens is 1. The molecule has 0 aliphatic heterocycles. The number of amides is 1. The SMILES string of the molecule is CNc1ccc(Cl)c(C(=O)NCC2CCCC2)n1. The Balaban J connectivity index is 1.98. The standard InChI is InChI=1S/C13H18ClN3O/c1-15-11-7-6-10(14)12(17-11)13(18)16-8-9-4-2-3-5-9/h6-7,9H,2-5,8H2,1H3,(H,15,17)(H,16,18). The molecule has 1 saturated carbocycles. The third-order valence-electron chi connectivity index (χ3n) is 3.34. The highest BCUT2D eigenvalue weighted by molar-refractivity contribution is 6.33. The highest BCUT2D eigenvalue weighted by Gasteiger charge is 2.18. The Morgan fingerprint density at radius 3 is 2.83 bits per heavy atom. The second kappa shape index (κ2) is 6.05. The zero-order chi connectivity index (χ0) is 13.0. The molecule has 0 bridgehead atoms. The Hall–Kier alpha value is -1.29. The number of nitrogens with zero attached hydrogens (tertiary/aromatic N) is 1. The molecule has 4 nitrogen and oxygen atoms in total. The molecular weight excluding hydrogens is 250 g/mol. The van der Waals surface area contributed by atoms with Crippen molar-refractivity contribution in [2.45, 2.75) is 25.7 Å². The number of hydrogen-bond donors (Lipinski definition) is 2. The molecule has 0 radical (unpaired) electrons. The Labute approximate surface area is 112 Å². The molecular formula is C13H18ClN3O. The molecule has 1 aliphatic carbocycles. The maximum Gasteiger partial charge on any atom is 0.271 e. The molecule has 5 heteroatoms. The molecule has 98 valence electrons. The quantitative estimate of drug-likeness (QED) is 0.882. The van der Waals surface area contributed by atoms with Gasteiger partial charge in [-0.05, 0) is 30.9 Å². The van der Waals surface area contributed by atoms with Crippen molar-refractivity contribution in [2.24, 2.45) is 5.92 Å². The van der Waals surface area contributed by atoms with Crippen LogP contribution in [0.1, 0.15) is 36.2 Å². The number of anilines is 1. The normalized spacial score (nSPS) is 15.7. The van der Waals surface area contributed by atoms with Crippen LogP contribution in [0.2, 0.25) is 5.02 Å². The van der Waals surface area contributed by atoms with Gasteiger partial charge in [0.05, 0.1) is 5.02 Å². The van der Waals surface area contributed by atoms with Crippen molar-refractivity contribution in [3.05, 3.63) is 22.8 Å². The van der Waals surface area contributed by atoms with Gasteiger partial charge in [0, 0.05) is 13.6 Å². The highest BCUT2D eigenvalue weighted by atomic mass is 35.5. The van der Waals surface area contributed by atoms with Gasteiger partial charge in [0.15, 0.2) is 0 Å². The summed E-state index contributed by atoms with van der Waals surface area (Å²) in [6, 6.07) is 3.43. The summed E-state index contributed by atoms with van der Waals surface area (Å²) >= 11 is 5.99. The zero-order valence-corrected chi connectivity index (χ0v) is 11.3. The van der Waals surface area contributed by atoms with Crippen LogP contribution in [0.3, 0.4) is 0 Å². The lowest BCUT2D eigenvalue weighted by Gasteiger charge is -2.11. The molecule has 18 heavy (non-hydrogen) atoms. The lowest BCUT2D eigenvalue weighted by atomic mass is 10.1. The van der Waals surface area contributed by atoms with Crippen LogP contribution in [0.5, 0.6) is 0 Å². The lowest BCUT2D eigenvalue weighted by Crippen LogP contribution is -2.29. The highest BCUT2D eigenvalue weighted by Crippen LogP contribution is 2.24. The molecule has 1 aliphatic rings. The van der Waals surface area contributed by atoms with Gasteiger partial charge in [0.25, 0.3) is 5.91 Å². The average molecular weight is 268 g/mol. The molecule has 2 rings (SSSR count). The second-order valence-electron chi connectivity index (χ2n) is 4.64. The average Bonchev–Trinajstić information content (AvgIpc) is 2.89. The molecule has 1 aromatic rings. The minimum absolute atomic E-state index is 0.191. The first-order valence-corrected chi connectivity index (χ1v) is 6.71.